The van der Waals surface area contributed by atoms with E-state index in [2.05, 4.69) is 5.32 Å². The zero-order valence-electron chi connectivity index (χ0n) is 15.7. The fraction of sp³-hybridized carbons (Fsp3) is 0.333. The van der Waals surface area contributed by atoms with Crippen LogP contribution in [-0.4, -0.2) is 24.5 Å². The second-order valence-electron chi connectivity index (χ2n) is 6.84. The molecule has 2 atom stereocenters. The lowest BCUT2D eigenvalue weighted by Crippen LogP contribution is -2.37. The lowest BCUT2D eigenvalue weighted by atomic mass is 10.1. The molecule has 2 amide bonds. The van der Waals surface area contributed by atoms with Gasteiger partial charge in [-0.15, -0.1) is 0 Å². The van der Waals surface area contributed by atoms with E-state index in [1.165, 1.54) is 0 Å². The van der Waals surface area contributed by atoms with Crippen LogP contribution in [-0.2, 0) is 9.59 Å². The molecule has 7 heteroatoms. The van der Waals surface area contributed by atoms with Crippen molar-refractivity contribution in [2.24, 2.45) is 0 Å². The van der Waals surface area contributed by atoms with Crippen molar-refractivity contribution >= 4 is 40.7 Å². The molecule has 148 valence electrons. The molecule has 28 heavy (non-hydrogen) atoms. The van der Waals surface area contributed by atoms with Gasteiger partial charge in [0, 0.05) is 28.7 Å². The molecule has 2 aromatic rings. The van der Waals surface area contributed by atoms with E-state index >= 15 is 0 Å². The third-order valence-corrected chi connectivity index (χ3v) is 5.07. The van der Waals surface area contributed by atoms with Crippen LogP contribution < -0.4 is 15.0 Å². The van der Waals surface area contributed by atoms with Crippen LogP contribution in [0.15, 0.2) is 42.5 Å². The topological polar surface area (TPSA) is 58.6 Å². The first-order valence-electron chi connectivity index (χ1n) is 9.17. The zero-order valence-corrected chi connectivity index (χ0v) is 17.3. The molecule has 1 aliphatic rings. The third-order valence-electron chi connectivity index (χ3n) is 4.63. The standard InChI is InChI=1S/C21H22Cl2N2O3/c1-13(15-5-3-6-18(9-15)25-8-4-7-20(25)26)24-21(27)14(2)28-19-11-16(22)10-17(23)12-19/h3,5-6,9-14H,4,7-8H2,1-2H3,(H,24,27). The van der Waals surface area contributed by atoms with E-state index in [1.807, 2.05) is 31.2 Å². The first-order chi connectivity index (χ1) is 13.3. The van der Waals surface area contributed by atoms with Crippen molar-refractivity contribution in [3.63, 3.8) is 0 Å². The number of nitrogens with zero attached hydrogens (tertiary/aromatic N) is 1. The maximum atomic E-state index is 12.5. The normalized spacial score (nSPS) is 16.0. The van der Waals surface area contributed by atoms with E-state index in [9.17, 15) is 9.59 Å². The lowest BCUT2D eigenvalue weighted by molar-refractivity contribution is -0.128. The largest absolute Gasteiger partial charge is 0.481 e. The predicted octanol–water partition coefficient (Wildman–Crippen LogP) is 4.76. The van der Waals surface area contributed by atoms with Crippen LogP contribution in [0.25, 0.3) is 0 Å². The number of hydrogen-bond donors (Lipinski definition) is 1. The average molecular weight is 421 g/mol. The molecule has 0 bridgehead atoms. The number of anilines is 1. The minimum atomic E-state index is -0.722. The van der Waals surface area contributed by atoms with E-state index in [1.54, 1.807) is 30.0 Å². The number of hydrogen-bond acceptors (Lipinski definition) is 3. The maximum absolute atomic E-state index is 12.5. The van der Waals surface area contributed by atoms with Crippen molar-refractivity contribution in [3.05, 3.63) is 58.1 Å². The number of ether oxygens (including phenoxy) is 1. The number of rotatable bonds is 6. The van der Waals surface area contributed by atoms with Gasteiger partial charge in [0.1, 0.15) is 5.75 Å². The summed E-state index contributed by atoms with van der Waals surface area (Å²) in [7, 11) is 0. The highest BCUT2D eigenvalue weighted by molar-refractivity contribution is 6.34. The molecule has 0 aliphatic carbocycles. The molecule has 1 saturated heterocycles. The van der Waals surface area contributed by atoms with Crippen molar-refractivity contribution < 1.29 is 14.3 Å². The molecule has 2 unspecified atom stereocenters. The summed E-state index contributed by atoms with van der Waals surface area (Å²) in [4.78, 5) is 26.3. The average Bonchev–Trinajstić information content (AvgIpc) is 3.06. The molecule has 3 rings (SSSR count). The molecule has 2 aromatic carbocycles. The van der Waals surface area contributed by atoms with Gasteiger partial charge in [0.15, 0.2) is 6.10 Å². The number of benzene rings is 2. The SMILES string of the molecule is CC(Oc1cc(Cl)cc(Cl)c1)C(=O)NC(C)c1cccc(N2CCCC2=O)c1. The van der Waals surface area contributed by atoms with Gasteiger partial charge >= 0.3 is 0 Å². The van der Waals surface area contributed by atoms with Crippen molar-refractivity contribution in [2.75, 3.05) is 11.4 Å². The van der Waals surface area contributed by atoms with Gasteiger partial charge < -0.3 is 15.0 Å². The van der Waals surface area contributed by atoms with Crippen LogP contribution >= 0.6 is 23.2 Å². The van der Waals surface area contributed by atoms with Gasteiger partial charge in [-0.1, -0.05) is 35.3 Å². The van der Waals surface area contributed by atoms with Crippen LogP contribution in [0.5, 0.6) is 5.75 Å². The van der Waals surface area contributed by atoms with Crippen LogP contribution in [0, 0.1) is 0 Å². The minimum absolute atomic E-state index is 0.135. The van der Waals surface area contributed by atoms with Gasteiger partial charge in [-0.25, -0.2) is 0 Å². The fourth-order valence-corrected chi connectivity index (χ4v) is 3.66. The monoisotopic (exact) mass is 420 g/mol. The zero-order chi connectivity index (χ0) is 20.3. The van der Waals surface area contributed by atoms with E-state index in [4.69, 9.17) is 27.9 Å². The number of halogens is 2. The van der Waals surface area contributed by atoms with Crippen LogP contribution in [0.4, 0.5) is 5.69 Å². The Bertz CT molecular complexity index is 867. The van der Waals surface area contributed by atoms with Gasteiger partial charge in [0.05, 0.1) is 6.04 Å². The van der Waals surface area contributed by atoms with Crippen molar-refractivity contribution in [2.45, 2.75) is 38.8 Å². The highest BCUT2D eigenvalue weighted by atomic mass is 35.5. The summed E-state index contributed by atoms with van der Waals surface area (Å²) in [5, 5.41) is 3.82. The van der Waals surface area contributed by atoms with Crippen LogP contribution in [0.2, 0.25) is 10.0 Å². The summed E-state index contributed by atoms with van der Waals surface area (Å²) in [5.41, 5.74) is 1.78. The minimum Gasteiger partial charge on any atom is -0.481 e. The summed E-state index contributed by atoms with van der Waals surface area (Å²) >= 11 is 11.9. The summed E-state index contributed by atoms with van der Waals surface area (Å²) in [6, 6.07) is 12.3. The van der Waals surface area contributed by atoms with Crippen LogP contribution in [0.1, 0.15) is 38.3 Å². The highest BCUT2D eigenvalue weighted by Crippen LogP contribution is 2.26. The number of nitrogens with one attached hydrogen (secondary N) is 1. The van der Waals surface area contributed by atoms with Crippen LogP contribution in [0.3, 0.4) is 0 Å². The van der Waals surface area contributed by atoms with E-state index in [0.717, 1.165) is 24.2 Å². The fourth-order valence-electron chi connectivity index (χ4n) is 3.15. The molecular weight excluding hydrogens is 399 g/mol. The summed E-state index contributed by atoms with van der Waals surface area (Å²) in [5.74, 6) is 0.310. The first-order valence-corrected chi connectivity index (χ1v) is 9.92. The summed E-state index contributed by atoms with van der Waals surface area (Å²) < 4.78 is 5.66. The van der Waals surface area contributed by atoms with Crippen molar-refractivity contribution in [1.29, 1.82) is 0 Å². The van der Waals surface area contributed by atoms with E-state index < -0.39 is 6.10 Å². The molecule has 1 aliphatic heterocycles. The van der Waals surface area contributed by atoms with Gasteiger partial charge in [0.25, 0.3) is 5.91 Å². The molecule has 0 saturated carbocycles. The Labute approximate surface area is 174 Å². The number of carbonyl (C=O) groups excluding carboxylic acids is 2. The predicted molar refractivity (Wildman–Crippen MR) is 111 cm³/mol. The summed E-state index contributed by atoms with van der Waals surface area (Å²) in [6.45, 7) is 4.29. The van der Waals surface area contributed by atoms with E-state index in [0.29, 0.717) is 22.2 Å². The second kappa shape index (κ2) is 8.84. The molecule has 1 fully saturated rings. The van der Waals surface area contributed by atoms with E-state index in [-0.39, 0.29) is 17.9 Å². The molecule has 0 aromatic heterocycles. The Hall–Kier alpha value is -2.24. The first kappa shape index (κ1) is 20.5. The summed E-state index contributed by atoms with van der Waals surface area (Å²) in [6.07, 6.45) is 0.733. The van der Waals surface area contributed by atoms with Gasteiger partial charge in [-0.05, 0) is 56.2 Å². The number of amides is 2. The van der Waals surface area contributed by atoms with Gasteiger partial charge in [0.2, 0.25) is 5.91 Å². The Morgan fingerprint density at radius 1 is 1.14 bits per heavy atom. The smallest absolute Gasteiger partial charge is 0.261 e. The Morgan fingerprint density at radius 2 is 1.86 bits per heavy atom. The maximum Gasteiger partial charge on any atom is 0.261 e. The van der Waals surface area contributed by atoms with Crippen molar-refractivity contribution in [3.8, 4) is 5.75 Å². The Morgan fingerprint density at radius 3 is 2.50 bits per heavy atom. The molecule has 0 spiro atoms. The highest BCUT2D eigenvalue weighted by Gasteiger charge is 2.23. The quantitative estimate of drug-likeness (QED) is 0.732. The molecule has 5 nitrogen and oxygen atoms in total. The van der Waals surface area contributed by atoms with Gasteiger partial charge in [-0.3, -0.25) is 9.59 Å². The molecule has 1 heterocycles. The Kier molecular flexibility index (Phi) is 6.47. The lowest BCUT2D eigenvalue weighted by Gasteiger charge is -2.21. The number of carbonyl (C=O) groups is 2. The molecular formula is C21H22Cl2N2O3. The molecule has 1 N–H and O–H groups in total. The second-order valence-corrected chi connectivity index (χ2v) is 7.71. The van der Waals surface area contributed by atoms with Gasteiger partial charge in [-0.2, -0.15) is 0 Å². The van der Waals surface area contributed by atoms with Crippen molar-refractivity contribution in [1.82, 2.24) is 5.32 Å². The molecule has 0 radical (unpaired) electrons. The Balaban J connectivity index is 1.64. The third kappa shape index (κ3) is 4.97.